The summed E-state index contributed by atoms with van der Waals surface area (Å²) in [5.74, 6) is 2.69. The monoisotopic (exact) mass is 441 g/mol. The van der Waals surface area contributed by atoms with Gasteiger partial charge in [-0.15, -0.1) is 0 Å². The molecule has 0 unspecified atom stereocenters. The molecule has 2 aromatic carbocycles. The number of nitrogens with zero attached hydrogens (tertiary/aromatic N) is 4. The lowest BCUT2D eigenvalue weighted by molar-refractivity contribution is 0.419. The maximum atomic E-state index is 13.5. The molecule has 1 N–H and O–H groups in total. The van der Waals surface area contributed by atoms with Crippen LogP contribution in [0.1, 0.15) is 11.7 Å². The molecule has 0 aliphatic heterocycles. The first kappa shape index (κ1) is 20.6. The van der Waals surface area contributed by atoms with Gasteiger partial charge in [-0.2, -0.15) is 0 Å². The Morgan fingerprint density at radius 1 is 1.00 bits per heavy atom. The molecule has 0 spiro atoms. The summed E-state index contributed by atoms with van der Waals surface area (Å²) in [5.41, 5.74) is 3.14. The van der Waals surface area contributed by atoms with E-state index in [0.717, 1.165) is 22.1 Å². The molecule has 0 fully saturated rings. The normalized spacial score (nSPS) is 11.0. The number of hydrogen-bond donors (Lipinski definition) is 1. The molecule has 164 valence electrons. The Bertz CT molecular complexity index is 1420. The molecule has 33 heavy (non-hydrogen) atoms. The summed E-state index contributed by atoms with van der Waals surface area (Å²) in [5, 5.41) is 4.11. The number of rotatable bonds is 6. The summed E-state index contributed by atoms with van der Waals surface area (Å²) >= 11 is 0. The van der Waals surface area contributed by atoms with Gasteiger partial charge in [0.2, 0.25) is 0 Å². The minimum absolute atomic E-state index is 0.291. The van der Waals surface area contributed by atoms with E-state index in [1.807, 2.05) is 24.3 Å². The van der Waals surface area contributed by atoms with Crippen molar-refractivity contribution in [2.45, 2.75) is 13.5 Å². The molecular formula is C25H20FN5O2. The molecule has 7 nitrogen and oxygen atoms in total. The van der Waals surface area contributed by atoms with Gasteiger partial charge in [-0.1, -0.05) is 12.1 Å². The van der Waals surface area contributed by atoms with Crippen LogP contribution in [0.3, 0.4) is 0 Å². The zero-order chi connectivity index (χ0) is 22.8. The van der Waals surface area contributed by atoms with Crippen molar-refractivity contribution in [3.05, 3.63) is 84.6 Å². The second-order valence-corrected chi connectivity index (χ2v) is 7.42. The Hall–Kier alpha value is -4.33. The van der Waals surface area contributed by atoms with Gasteiger partial charge in [-0.3, -0.25) is 4.98 Å². The second kappa shape index (κ2) is 8.66. The van der Waals surface area contributed by atoms with Crippen LogP contribution in [0.25, 0.3) is 33.4 Å². The Balaban J connectivity index is 1.68. The highest BCUT2D eigenvalue weighted by Gasteiger charge is 2.16. The molecule has 3 aromatic heterocycles. The highest BCUT2D eigenvalue weighted by atomic mass is 19.1. The van der Waals surface area contributed by atoms with E-state index in [2.05, 4.69) is 15.3 Å². The lowest BCUT2D eigenvalue weighted by atomic mass is 10.0. The number of aryl methyl sites for hydroxylation is 1. The number of benzene rings is 2. The Labute approximate surface area is 189 Å². The number of methoxy groups -OCH3 is 1. The van der Waals surface area contributed by atoms with E-state index >= 15 is 0 Å². The van der Waals surface area contributed by atoms with E-state index < -0.39 is 0 Å². The van der Waals surface area contributed by atoms with E-state index in [1.54, 1.807) is 44.8 Å². The first-order chi connectivity index (χ1) is 16.1. The van der Waals surface area contributed by atoms with Gasteiger partial charge in [-0.05, 0) is 47.5 Å². The summed E-state index contributed by atoms with van der Waals surface area (Å²) in [6.07, 6.45) is 5.09. The molecule has 0 saturated carbocycles. The quantitative estimate of drug-likeness (QED) is 0.377. The molecule has 0 radical (unpaired) electrons. The van der Waals surface area contributed by atoms with Gasteiger partial charge >= 0.3 is 0 Å². The second-order valence-electron chi connectivity index (χ2n) is 7.42. The van der Waals surface area contributed by atoms with Crippen LogP contribution < -0.4 is 10.1 Å². The van der Waals surface area contributed by atoms with Crippen molar-refractivity contribution in [2.75, 3.05) is 12.4 Å². The highest BCUT2D eigenvalue weighted by Crippen LogP contribution is 2.36. The maximum Gasteiger partial charge on any atom is 0.191 e. The molecule has 8 heteroatoms. The smallest absolute Gasteiger partial charge is 0.191 e. The molecular weight excluding hydrogens is 421 g/mol. The Morgan fingerprint density at radius 2 is 1.85 bits per heavy atom. The van der Waals surface area contributed by atoms with Crippen LogP contribution in [0.4, 0.5) is 10.2 Å². The molecule has 0 aliphatic carbocycles. The third-order valence-electron chi connectivity index (χ3n) is 5.18. The van der Waals surface area contributed by atoms with Crippen LogP contribution in [0.15, 0.2) is 71.5 Å². The van der Waals surface area contributed by atoms with Gasteiger partial charge < -0.3 is 14.5 Å². The van der Waals surface area contributed by atoms with Crippen molar-refractivity contribution in [3.8, 4) is 28.3 Å². The maximum absolute atomic E-state index is 13.5. The third-order valence-corrected chi connectivity index (χ3v) is 5.18. The predicted octanol–water partition coefficient (Wildman–Crippen LogP) is 5.42. The fourth-order valence-electron chi connectivity index (χ4n) is 3.58. The third kappa shape index (κ3) is 4.23. The number of nitrogens with one attached hydrogen (secondary N) is 1. The number of aromatic nitrogens is 4. The molecule has 5 rings (SSSR count). The summed E-state index contributed by atoms with van der Waals surface area (Å²) in [4.78, 5) is 17.9. The van der Waals surface area contributed by atoms with Crippen LogP contribution in [0.2, 0.25) is 0 Å². The number of ether oxygens (including phenoxy) is 1. The summed E-state index contributed by atoms with van der Waals surface area (Å²) in [6, 6.07) is 13.9. The standard InChI is InChI=1S/C25H20FN5O2/c1-15-28-13-20(33-15)14-29-25-21-10-18(16-5-7-19(26)8-6-16)11-22(32-2)23(21)30-24(31-25)17-4-3-9-27-12-17/h3-13H,14H2,1-2H3,(H,29,30,31). The predicted molar refractivity (Wildman–Crippen MR) is 123 cm³/mol. The Morgan fingerprint density at radius 3 is 2.55 bits per heavy atom. The molecule has 0 amide bonds. The topological polar surface area (TPSA) is 86.0 Å². The lowest BCUT2D eigenvalue weighted by Crippen LogP contribution is -2.05. The van der Waals surface area contributed by atoms with Gasteiger partial charge in [0.15, 0.2) is 11.7 Å². The van der Waals surface area contributed by atoms with Crippen molar-refractivity contribution in [2.24, 2.45) is 0 Å². The van der Waals surface area contributed by atoms with Gasteiger partial charge in [0, 0.05) is 30.3 Å². The van der Waals surface area contributed by atoms with Crippen LogP contribution in [0.5, 0.6) is 5.75 Å². The summed E-state index contributed by atoms with van der Waals surface area (Å²) in [6.45, 7) is 2.19. The van der Waals surface area contributed by atoms with Gasteiger partial charge in [-0.25, -0.2) is 19.3 Å². The molecule has 5 aromatic rings. The molecule has 0 saturated heterocycles. The first-order valence-corrected chi connectivity index (χ1v) is 10.3. The van der Waals surface area contributed by atoms with Crippen LogP contribution in [0, 0.1) is 12.7 Å². The lowest BCUT2D eigenvalue weighted by Gasteiger charge is -2.14. The number of hydrogen-bond acceptors (Lipinski definition) is 7. The number of oxazole rings is 1. The average Bonchev–Trinajstić information content (AvgIpc) is 3.27. The number of fused-ring (bicyclic) bond motifs is 1. The summed E-state index contributed by atoms with van der Waals surface area (Å²) < 4.78 is 24.7. The fraction of sp³-hybridized carbons (Fsp3) is 0.120. The first-order valence-electron chi connectivity index (χ1n) is 10.3. The fourth-order valence-corrected chi connectivity index (χ4v) is 3.58. The average molecular weight is 441 g/mol. The zero-order valence-corrected chi connectivity index (χ0v) is 18.0. The van der Waals surface area contributed by atoms with Gasteiger partial charge in [0.25, 0.3) is 0 Å². The minimum atomic E-state index is -0.291. The van der Waals surface area contributed by atoms with Crippen LogP contribution in [-0.2, 0) is 6.54 Å². The molecule has 0 atom stereocenters. The van der Waals surface area contributed by atoms with Crippen molar-refractivity contribution in [3.63, 3.8) is 0 Å². The van der Waals surface area contributed by atoms with E-state index in [-0.39, 0.29) is 5.82 Å². The van der Waals surface area contributed by atoms with E-state index in [9.17, 15) is 4.39 Å². The van der Waals surface area contributed by atoms with Gasteiger partial charge in [0.1, 0.15) is 28.7 Å². The van der Waals surface area contributed by atoms with E-state index in [4.69, 9.17) is 19.1 Å². The zero-order valence-electron chi connectivity index (χ0n) is 18.0. The molecule has 3 heterocycles. The van der Waals surface area contributed by atoms with Crippen molar-refractivity contribution < 1.29 is 13.5 Å². The number of halogens is 1. The van der Waals surface area contributed by atoms with E-state index in [1.165, 1.54) is 12.1 Å². The minimum Gasteiger partial charge on any atom is -0.494 e. The van der Waals surface area contributed by atoms with Crippen molar-refractivity contribution in [1.29, 1.82) is 0 Å². The molecule has 0 aliphatic rings. The highest BCUT2D eigenvalue weighted by molar-refractivity contribution is 5.97. The SMILES string of the molecule is COc1cc(-c2ccc(F)cc2)cc2c(NCc3cnc(C)o3)nc(-c3cccnc3)nc12. The number of anilines is 1. The van der Waals surface area contributed by atoms with Crippen LogP contribution >= 0.6 is 0 Å². The molecule has 0 bridgehead atoms. The number of pyridine rings is 1. The Kier molecular flexibility index (Phi) is 5.40. The van der Waals surface area contributed by atoms with Crippen molar-refractivity contribution in [1.82, 2.24) is 19.9 Å². The van der Waals surface area contributed by atoms with Crippen LogP contribution in [-0.4, -0.2) is 27.0 Å². The van der Waals surface area contributed by atoms with Crippen molar-refractivity contribution >= 4 is 16.7 Å². The largest absolute Gasteiger partial charge is 0.494 e. The van der Waals surface area contributed by atoms with E-state index in [0.29, 0.717) is 41.1 Å². The summed E-state index contributed by atoms with van der Waals surface area (Å²) in [7, 11) is 1.60. The van der Waals surface area contributed by atoms with Gasteiger partial charge in [0.05, 0.1) is 19.9 Å².